The molecule has 104 valence electrons. The molecule has 0 saturated heterocycles. The number of pyridine rings is 1. The van der Waals surface area contributed by atoms with Gasteiger partial charge in [-0.1, -0.05) is 19.0 Å². The van der Waals surface area contributed by atoms with Crippen molar-refractivity contribution in [3.05, 3.63) is 29.6 Å². The van der Waals surface area contributed by atoms with Crippen molar-refractivity contribution < 1.29 is 5.21 Å². The van der Waals surface area contributed by atoms with Gasteiger partial charge in [-0.25, -0.2) is 0 Å². The van der Waals surface area contributed by atoms with Crippen LogP contribution < -0.4 is 5.73 Å². The highest BCUT2D eigenvalue weighted by molar-refractivity contribution is 5.95. The Balaban J connectivity index is 2.08. The number of nitrogens with two attached hydrogens (primary N) is 1. The van der Waals surface area contributed by atoms with Crippen LogP contribution in [0.5, 0.6) is 0 Å². The summed E-state index contributed by atoms with van der Waals surface area (Å²) >= 11 is 0. The molecule has 0 aliphatic heterocycles. The molecule has 5 heteroatoms. The highest BCUT2D eigenvalue weighted by Gasteiger charge is 2.29. The molecule has 0 spiro atoms. The maximum Gasteiger partial charge on any atom is 0.188 e. The predicted molar refractivity (Wildman–Crippen MR) is 75.0 cm³/mol. The molecule has 0 radical (unpaired) electrons. The van der Waals surface area contributed by atoms with Gasteiger partial charge in [0.1, 0.15) is 5.69 Å². The molecule has 1 aliphatic carbocycles. The molecule has 3 N–H and O–H groups in total. The van der Waals surface area contributed by atoms with Crippen LogP contribution >= 0.6 is 0 Å². The third-order valence-corrected chi connectivity index (χ3v) is 3.24. The monoisotopic (exact) mass is 262 g/mol. The first-order valence-electron chi connectivity index (χ1n) is 6.77. The van der Waals surface area contributed by atoms with Crippen molar-refractivity contribution in [3.63, 3.8) is 0 Å². The molecule has 0 bridgehead atoms. The summed E-state index contributed by atoms with van der Waals surface area (Å²) in [5.74, 6) is 0.717. The van der Waals surface area contributed by atoms with Crippen molar-refractivity contribution in [2.75, 3.05) is 6.54 Å². The lowest BCUT2D eigenvalue weighted by Gasteiger charge is -2.24. The van der Waals surface area contributed by atoms with Gasteiger partial charge in [0.25, 0.3) is 0 Å². The van der Waals surface area contributed by atoms with Crippen LogP contribution in [0, 0.1) is 5.92 Å². The molecule has 19 heavy (non-hydrogen) atoms. The summed E-state index contributed by atoms with van der Waals surface area (Å²) in [6, 6.07) is 4.61. The molecule has 2 rings (SSSR count). The number of oxime groups is 1. The van der Waals surface area contributed by atoms with E-state index in [-0.39, 0.29) is 5.84 Å². The summed E-state index contributed by atoms with van der Waals surface area (Å²) in [6.07, 6.45) is 4.30. The Bertz CT molecular complexity index is 455. The van der Waals surface area contributed by atoms with Crippen LogP contribution in [0.1, 0.15) is 37.9 Å². The Kier molecular flexibility index (Phi) is 4.37. The minimum absolute atomic E-state index is 0.0590. The van der Waals surface area contributed by atoms with E-state index in [1.54, 1.807) is 6.20 Å². The zero-order valence-electron chi connectivity index (χ0n) is 11.6. The van der Waals surface area contributed by atoms with Gasteiger partial charge < -0.3 is 10.9 Å². The Morgan fingerprint density at radius 1 is 1.58 bits per heavy atom. The molecule has 0 amide bonds. The van der Waals surface area contributed by atoms with E-state index in [4.69, 9.17) is 10.9 Å². The maximum atomic E-state index is 8.69. The summed E-state index contributed by atoms with van der Waals surface area (Å²) in [5.41, 5.74) is 7.26. The molecule has 1 aromatic heterocycles. The predicted octanol–water partition coefficient (Wildman–Crippen LogP) is 1.80. The summed E-state index contributed by atoms with van der Waals surface area (Å²) in [4.78, 5) is 6.61. The molecular formula is C14H22N4O. The van der Waals surface area contributed by atoms with Crippen molar-refractivity contribution in [2.45, 2.75) is 39.3 Å². The van der Waals surface area contributed by atoms with E-state index in [1.807, 2.05) is 12.1 Å². The molecule has 1 heterocycles. The maximum absolute atomic E-state index is 8.69. The zero-order valence-corrected chi connectivity index (χ0v) is 11.6. The average molecular weight is 262 g/mol. The number of aromatic nitrogens is 1. The summed E-state index contributed by atoms with van der Waals surface area (Å²) < 4.78 is 0. The Morgan fingerprint density at radius 3 is 2.89 bits per heavy atom. The van der Waals surface area contributed by atoms with Crippen molar-refractivity contribution in [1.82, 2.24) is 9.88 Å². The van der Waals surface area contributed by atoms with Gasteiger partial charge in [-0.15, -0.1) is 0 Å². The van der Waals surface area contributed by atoms with Crippen molar-refractivity contribution in [1.29, 1.82) is 0 Å². The molecule has 0 atom stereocenters. The Labute approximate surface area is 114 Å². The van der Waals surface area contributed by atoms with E-state index >= 15 is 0 Å². The first kappa shape index (κ1) is 13.8. The smallest absolute Gasteiger partial charge is 0.188 e. The van der Waals surface area contributed by atoms with Gasteiger partial charge in [-0.2, -0.15) is 0 Å². The lowest BCUT2D eigenvalue weighted by atomic mass is 10.1. The minimum atomic E-state index is 0.0590. The van der Waals surface area contributed by atoms with E-state index in [9.17, 15) is 0 Å². The van der Waals surface area contributed by atoms with Crippen LogP contribution in [0.2, 0.25) is 0 Å². The van der Waals surface area contributed by atoms with Gasteiger partial charge in [0.15, 0.2) is 5.84 Å². The SMILES string of the molecule is CC(C)CN(Cc1ccnc(C(N)=NO)c1)C1CC1. The van der Waals surface area contributed by atoms with Crippen LogP contribution in [0.3, 0.4) is 0 Å². The second-order valence-corrected chi connectivity index (χ2v) is 5.59. The van der Waals surface area contributed by atoms with Crippen molar-refractivity contribution >= 4 is 5.84 Å². The average Bonchev–Trinajstić information content (AvgIpc) is 3.21. The van der Waals surface area contributed by atoms with E-state index in [0.717, 1.165) is 24.7 Å². The lowest BCUT2D eigenvalue weighted by Crippen LogP contribution is -2.29. The van der Waals surface area contributed by atoms with Gasteiger partial charge in [0.2, 0.25) is 0 Å². The Hall–Kier alpha value is -1.62. The van der Waals surface area contributed by atoms with E-state index in [0.29, 0.717) is 11.6 Å². The molecule has 1 fully saturated rings. The van der Waals surface area contributed by atoms with Crippen LogP contribution in [0.4, 0.5) is 0 Å². The number of rotatable bonds is 6. The number of hydrogen-bond acceptors (Lipinski definition) is 4. The number of hydrogen-bond donors (Lipinski definition) is 2. The van der Waals surface area contributed by atoms with Crippen molar-refractivity contribution in [3.8, 4) is 0 Å². The highest BCUT2D eigenvalue weighted by Crippen LogP contribution is 2.29. The topological polar surface area (TPSA) is 74.7 Å². The molecular weight excluding hydrogens is 240 g/mol. The first-order chi connectivity index (χ1) is 9.10. The van der Waals surface area contributed by atoms with E-state index in [1.165, 1.54) is 12.8 Å². The van der Waals surface area contributed by atoms with Gasteiger partial charge in [-0.3, -0.25) is 9.88 Å². The second-order valence-electron chi connectivity index (χ2n) is 5.59. The third-order valence-electron chi connectivity index (χ3n) is 3.24. The number of nitrogens with zero attached hydrogens (tertiary/aromatic N) is 3. The third kappa shape index (κ3) is 3.92. The summed E-state index contributed by atoms with van der Waals surface area (Å²) in [6.45, 7) is 6.48. The fourth-order valence-corrected chi connectivity index (χ4v) is 2.25. The van der Waals surface area contributed by atoms with Crippen LogP contribution in [-0.4, -0.2) is 33.5 Å². The quantitative estimate of drug-likeness (QED) is 0.355. The highest BCUT2D eigenvalue weighted by atomic mass is 16.4. The summed E-state index contributed by atoms with van der Waals surface area (Å²) in [7, 11) is 0. The van der Waals surface area contributed by atoms with Crippen LogP contribution in [-0.2, 0) is 6.54 Å². The first-order valence-corrected chi connectivity index (χ1v) is 6.77. The van der Waals surface area contributed by atoms with E-state index in [2.05, 4.69) is 28.9 Å². The molecule has 1 aliphatic rings. The fourth-order valence-electron chi connectivity index (χ4n) is 2.25. The van der Waals surface area contributed by atoms with Crippen LogP contribution in [0.25, 0.3) is 0 Å². The number of amidine groups is 1. The summed E-state index contributed by atoms with van der Waals surface area (Å²) in [5, 5.41) is 11.7. The zero-order chi connectivity index (χ0) is 13.8. The molecule has 0 aromatic carbocycles. The van der Waals surface area contributed by atoms with Crippen molar-refractivity contribution in [2.24, 2.45) is 16.8 Å². The normalized spacial score (nSPS) is 16.3. The minimum Gasteiger partial charge on any atom is -0.409 e. The molecule has 1 saturated carbocycles. The standard InChI is InChI=1S/C14H22N4O/c1-10(2)8-18(12-3-4-12)9-11-5-6-16-13(7-11)14(15)17-19/h5-7,10,12,19H,3-4,8-9H2,1-2H3,(H2,15,17). The van der Waals surface area contributed by atoms with Gasteiger partial charge >= 0.3 is 0 Å². The molecule has 1 aromatic rings. The van der Waals surface area contributed by atoms with Gasteiger partial charge in [-0.05, 0) is 36.5 Å². The van der Waals surface area contributed by atoms with E-state index < -0.39 is 0 Å². The van der Waals surface area contributed by atoms with Gasteiger partial charge in [0.05, 0.1) is 0 Å². The fraction of sp³-hybridized carbons (Fsp3) is 0.571. The lowest BCUT2D eigenvalue weighted by molar-refractivity contribution is 0.226. The van der Waals surface area contributed by atoms with Crippen LogP contribution in [0.15, 0.2) is 23.5 Å². The Morgan fingerprint density at radius 2 is 2.32 bits per heavy atom. The molecule has 5 nitrogen and oxygen atoms in total. The molecule has 0 unspecified atom stereocenters. The van der Waals surface area contributed by atoms with Gasteiger partial charge in [0, 0.05) is 25.3 Å². The second kappa shape index (κ2) is 6.02. The largest absolute Gasteiger partial charge is 0.409 e.